The van der Waals surface area contributed by atoms with Gasteiger partial charge in [0.05, 0.1) is 0 Å². The summed E-state index contributed by atoms with van der Waals surface area (Å²) >= 11 is 0. The van der Waals surface area contributed by atoms with E-state index in [1.165, 1.54) is 32.7 Å². The molecule has 1 heterocycles. The molecule has 0 aromatic carbocycles. The Balaban J connectivity index is 2.12. The molecule has 1 N–H and O–H groups in total. The summed E-state index contributed by atoms with van der Waals surface area (Å²) in [6.07, 6.45) is 0. The molecular weight excluding hydrogens is 186 g/mol. The van der Waals surface area contributed by atoms with Crippen molar-refractivity contribution in [2.24, 2.45) is 11.8 Å². The highest BCUT2D eigenvalue weighted by molar-refractivity contribution is 4.70. The normalized spacial score (nSPS) is 20.4. The minimum atomic E-state index is 0.735. The summed E-state index contributed by atoms with van der Waals surface area (Å²) in [6.45, 7) is 16.2. The van der Waals surface area contributed by atoms with E-state index in [1.807, 2.05) is 0 Å². The van der Waals surface area contributed by atoms with Crippen molar-refractivity contribution in [1.82, 2.24) is 15.3 Å². The van der Waals surface area contributed by atoms with Crippen molar-refractivity contribution in [3.63, 3.8) is 0 Å². The average Bonchev–Trinajstić information content (AvgIpc) is 2.16. The largest absolute Gasteiger partial charge is 0.300 e. The first-order chi connectivity index (χ1) is 7.08. The van der Waals surface area contributed by atoms with Gasteiger partial charge < -0.3 is 4.90 Å². The molecule has 90 valence electrons. The summed E-state index contributed by atoms with van der Waals surface area (Å²) in [4.78, 5) is 2.57. The predicted octanol–water partition coefficient (Wildman–Crippen LogP) is 1.42. The molecule has 0 saturated carbocycles. The number of hydrogen-bond acceptors (Lipinski definition) is 3. The molecule has 15 heavy (non-hydrogen) atoms. The van der Waals surface area contributed by atoms with Crippen molar-refractivity contribution in [3.8, 4) is 0 Å². The molecule has 1 rings (SSSR count). The van der Waals surface area contributed by atoms with Crippen LogP contribution in [0, 0.1) is 11.8 Å². The summed E-state index contributed by atoms with van der Waals surface area (Å²) < 4.78 is 0. The molecule has 0 spiro atoms. The van der Waals surface area contributed by atoms with Crippen LogP contribution in [0.5, 0.6) is 0 Å². The number of piperazine rings is 1. The SMILES string of the molecule is CC(C)CNN1CCN(CC(C)C)CC1. The van der Waals surface area contributed by atoms with E-state index in [0.29, 0.717) is 0 Å². The number of nitrogens with one attached hydrogen (secondary N) is 1. The van der Waals surface area contributed by atoms with E-state index < -0.39 is 0 Å². The van der Waals surface area contributed by atoms with Crippen LogP contribution in [0.2, 0.25) is 0 Å². The van der Waals surface area contributed by atoms with Gasteiger partial charge >= 0.3 is 0 Å². The molecule has 1 aliphatic rings. The molecule has 0 bridgehead atoms. The number of rotatable bonds is 5. The van der Waals surface area contributed by atoms with Gasteiger partial charge in [0.25, 0.3) is 0 Å². The third kappa shape index (κ3) is 5.50. The molecule has 3 heteroatoms. The third-order valence-electron chi connectivity index (χ3n) is 2.72. The van der Waals surface area contributed by atoms with Crippen molar-refractivity contribution in [2.45, 2.75) is 27.7 Å². The Morgan fingerprint density at radius 1 is 0.933 bits per heavy atom. The quantitative estimate of drug-likeness (QED) is 0.745. The second kappa shape index (κ2) is 6.46. The molecular formula is C12H27N3. The van der Waals surface area contributed by atoms with Crippen LogP contribution in [0.4, 0.5) is 0 Å². The average molecular weight is 213 g/mol. The van der Waals surface area contributed by atoms with Crippen LogP contribution < -0.4 is 5.43 Å². The molecule has 0 radical (unpaired) electrons. The molecule has 1 aliphatic heterocycles. The van der Waals surface area contributed by atoms with E-state index in [2.05, 4.69) is 43.0 Å². The van der Waals surface area contributed by atoms with Gasteiger partial charge in [0.15, 0.2) is 0 Å². The summed E-state index contributed by atoms with van der Waals surface area (Å²) in [5.74, 6) is 1.53. The van der Waals surface area contributed by atoms with Crippen molar-refractivity contribution < 1.29 is 0 Å². The van der Waals surface area contributed by atoms with Crippen LogP contribution >= 0.6 is 0 Å². The van der Waals surface area contributed by atoms with E-state index in [4.69, 9.17) is 0 Å². The van der Waals surface area contributed by atoms with Gasteiger partial charge in [0.2, 0.25) is 0 Å². The van der Waals surface area contributed by atoms with Gasteiger partial charge in [-0.15, -0.1) is 0 Å². The zero-order valence-electron chi connectivity index (χ0n) is 10.8. The monoisotopic (exact) mass is 213 g/mol. The Labute approximate surface area is 94.8 Å². The maximum atomic E-state index is 3.50. The zero-order chi connectivity index (χ0) is 11.3. The third-order valence-corrected chi connectivity index (χ3v) is 2.72. The standard InChI is InChI=1S/C12H27N3/c1-11(2)9-13-15-7-5-14(6-8-15)10-12(3)4/h11-13H,5-10H2,1-4H3. The lowest BCUT2D eigenvalue weighted by Crippen LogP contribution is -2.53. The second-order valence-electron chi connectivity index (χ2n) is 5.44. The highest BCUT2D eigenvalue weighted by atomic mass is 15.5. The fraction of sp³-hybridized carbons (Fsp3) is 1.00. The molecule has 0 aromatic rings. The first kappa shape index (κ1) is 12.9. The Morgan fingerprint density at radius 2 is 1.53 bits per heavy atom. The van der Waals surface area contributed by atoms with E-state index in [9.17, 15) is 0 Å². The maximum Gasteiger partial charge on any atom is 0.0259 e. The van der Waals surface area contributed by atoms with Gasteiger partial charge in [-0.05, 0) is 11.8 Å². The van der Waals surface area contributed by atoms with Gasteiger partial charge in [-0.25, -0.2) is 5.01 Å². The van der Waals surface area contributed by atoms with E-state index in [-0.39, 0.29) is 0 Å². The number of hydrazine groups is 1. The lowest BCUT2D eigenvalue weighted by Gasteiger charge is -2.36. The van der Waals surface area contributed by atoms with Crippen molar-refractivity contribution in [3.05, 3.63) is 0 Å². The Hall–Kier alpha value is -0.120. The van der Waals surface area contributed by atoms with Gasteiger partial charge in [0, 0.05) is 39.3 Å². The van der Waals surface area contributed by atoms with Gasteiger partial charge in [-0.3, -0.25) is 5.43 Å². The molecule has 0 amide bonds. The van der Waals surface area contributed by atoms with Crippen molar-refractivity contribution in [1.29, 1.82) is 0 Å². The molecule has 3 nitrogen and oxygen atoms in total. The lowest BCUT2D eigenvalue weighted by atomic mass is 10.2. The second-order valence-corrected chi connectivity index (χ2v) is 5.44. The van der Waals surface area contributed by atoms with Crippen LogP contribution in [-0.4, -0.2) is 49.2 Å². The topological polar surface area (TPSA) is 18.5 Å². The van der Waals surface area contributed by atoms with Crippen molar-refractivity contribution >= 4 is 0 Å². The molecule has 0 aromatic heterocycles. The Kier molecular flexibility index (Phi) is 5.58. The fourth-order valence-corrected chi connectivity index (χ4v) is 1.92. The maximum absolute atomic E-state index is 3.50. The van der Waals surface area contributed by atoms with Crippen LogP contribution in [0.3, 0.4) is 0 Å². The number of nitrogens with zero attached hydrogens (tertiary/aromatic N) is 2. The van der Waals surface area contributed by atoms with E-state index >= 15 is 0 Å². The first-order valence-electron chi connectivity index (χ1n) is 6.28. The zero-order valence-corrected chi connectivity index (χ0v) is 10.8. The molecule has 1 fully saturated rings. The summed E-state index contributed by atoms with van der Waals surface area (Å²) in [5, 5.41) is 2.37. The molecule has 0 atom stereocenters. The minimum Gasteiger partial charge on any atom is -0.300 e. The Bertz CT molecular complexity index is 160. The minimum absolute atomic E-state index is 0.735. The Morgan fingerprint density at radius 3 is 2.00 bits per heavy atom. The van der Waals surface area contributed by atoms with Gasteiger partial charge in [-0.1, -0.05) is 27.7 Å². The highest BCUT2D eigenvalue weighted by Crippen LogP contribution is 2.03. The lowest BCUT2D eigenvalue weighted by molar-refractivity contribution is 0.0795. The summed E-state index contributed by atoms with van der Waals surface area (Å²) in [6, 6.07) is 0. The smallest absolute Gasteiger partial charge is 0.0259 e. The van der Waals surface area contributed by atoms with E-state index in [0.717, 1.165) is 18.4 Å². The van der Waals surface area contributed by atoms with Crippen LogP contribution in [0.25, 0.3) is 0 Å². The summed E-state index contributed by atoms with van der Waals surface area (Å²) in [7, 11) is 0. The van der Waals surface area contributed by atoms with Crippen molar-refractivity contribution in [2.75, 3.05) is 39.3 Å². The highest BCUT2D eigenvalue weighted by Gasteiger charge is 2.16. The molecule has 0 unspecified atom stereocenters. The number of hydrogen-bond donors (Lipinski definition) is 1. The van der Waals surface area contributed by atoms with Gasteiger partial charge in [0.1, 0.15) is 0 Å². The first-order valence-corrected chi connectivity index (χ1v) is 6.28. The van der Waals surface area contributed by atoms with Crippen LogP contribution in [0.15, 0.2) is 0 Å². The predicted molar refractivity (Wildman–Crippen MR) is 65.7 cm³/mol. The molecule has 0 aliphatic carbocycles. The van der Waals surface area contributed by atoms with E-state index in [1.54, 1.807) is 0 Å². The van der Waals surface area contributed by atoms with Crippen LogP contribution in [0.1, 0.15) is 27.7 Å². The van der Waals surface area contributed by atoms with Gasteiger partial charge in [-0.2, -0.15) is 0 Å². The fourth-order valence-electron chi connectivity index (χ4n) is 1.92. The van der Waals surface area contributed by atoms with Crippen LogP contribution in [-0.2, 0) is 0 Å². The molecule has 1 saturated heterocycles. The summed E-state index contributed by atoms with van der Waals surface area (Å²) in [5.41, 5.74) is 3.50.